The molecule has 1 aliphatic rings. The first kappa shape index (κ1) is 15.3. The van der Waals surface area contributed by atoms with Gasteiger partial charge in [0.25, 0.3) is 0 Å². The van der Waals surface area contributed by atoms with Gasteiger partial charge in [0.15, 0.2) is 0 Å². The smallest absolute Gasteiger partial charge is 0.321 e. The number of rotatable bonds is 4. The highest BCUT2D eigenvalue weighted by Crippen LogP contribution is 2.21. The Morgan fingerprint density at radius 1 is 1.43 bits per heavy atom. The van der Waals surface area contributed by atoms with Crippen LogP contribution in [0.1, 0.15) is 24.8 Å². The number of piperidine rings is 1. The normalized spacial score (nSPS) is 15.5. The second kappa shape index (κ2) is 7.65. The lowest BCUT2D eigenvalue weighted by atomic mass is 9.94. The Balaban J connectivity index is 1.83. The number of amides is 2. The molecule has 0 atom stereocenters. The molecule has 1 aromatic rings. The zero-order valence-electron chi connectivity index (χ0n) is 12.4. The molecule has 0 radical (unpaired) electrons. The minimum atomic E-state index is -0.0721. The van der Waals surface area contributed by atoms with E-state index in [0.29, 0.717) is 17.2 Å². The molecule has 0 aliphatic carbocycles. The largest absolute Gasteiger partial charge is 0.325 e. The van der Waals surface area contributed by atoms with Gasteiger partial charge in [-0.15, -0.1) is 0 Å². The van der Waals surface area contributed by atoms with Gasteiger partial charge >= 0.3 is 6.03 Å². The van der Waals surface area contributed by atoms with E-state index in [1.54, 1.807) is 24.3 Å². The molecule has 1 saturated heterocycles. The molecule has 112 valence electrons. The zero-order valence-corrected chi connectivity index (χ0v) is 12.4. The van der Waals surface area contributed by atoms with Gasteiger partial charge in [-0.25, -0.2) is 4.79 Å². The highest BCUT2D eigenvalue weighted by atomic mass is 16.2. The molecule has 5 heteroatoms. The van der Waals surface area contributed by atoms with Crippen LogP contribution in [0.5, 0.6) is 0 Å². The summed E-state index contributed by atoms with van der Waals surface area (Å²) in [5, 5.41) is 14.9. The van der Waals surface area contributed by atoms with Crippen molar-refractivity contribution in [1.82, 2.24) is 10.2 Å². The van der Waals surface area contributed by atoms with E-state index < -0.39 is 0 Å². The number of benzene rings is 1. The second-order valence-corrected chi connectivity index (χ2v) is 5.45. The highest BCUT2D eigenvalue weighted by molar-refractivity contribution is 5.89. The Hall–Kier alpha value is -2.06. The first-order valence-corrected chi connectivity index (χ1v) is 7.43. The third-order valence-electron chi connectivity index (χ3n) is 3.95. The lowest BCUT2D eigenvalue weighted by Crippen LogP contribution is -2.41. The summed E-state index contributed by atoms with van der Waals surface area (Å²) < 4.78 is 0. The van der Waals surface area contributed by atoms with Crippen LogP contribution in [0.3, 0.4) is 0 Å². The van der Waals surface area contributed by atoms with E-state index in [4.69, 9.17) is 5.26 Å². The Morgan fingerprint density at radius 3 is 2.86 bits per heavy atom. The zero-order chi connectivity index (χ0) is 15.1. The molecule has 2 amide bonds. The van der Waals surface area contributed by atoms with E-state index in [1.807, 2.05) is 11.9 Å². The fourth-order valence-corrected chi connectivity index (χ4v) is 2.64. The summed E-state index contributed by atoms with van der Waals surface area (Å²) in [6, 6.07) is 9.00. The molecule has 0 bridgehead atoms. The van der Waals surface area contributed by atoms with Crippen LogP contribution in [0.15, 0.2) is 24.3 Å². The van der Waals surface area contributed by atoms with Crippen LogP contribution in [-0.4, -0.2) is 37.6 Å². The third-order valence-corrected chi connectivity index (χ3v) is 3.95. The van der Waals surface area contributed by atoms with Crippen molar-refractivity contribution in [2.24, 2.45) is 5.92 Å². The Bertz CT molecular complexity index is 515. The van der Waals surface area contributed by atoms with Crippen LogP contribution >= 0.6 is 0 Å². The number of urea groups is 1. The molecule has 2 N–H and O–H groups in total. The summed E-state index contributed by atoms with van der Waals surface area (Å²) in [5.74, 6) is 0.711. The number of likely N-dealkylation sites (tertiary alicyclic amines) is 1. The minimum Gasteiger partial charge on any atom is -0.325 e. The number of anilines is 1. The lowest BCUT2D eigenvalue weighted by molar-refractivity contribution is 0.180. The molecular weight excluding hydrogens is 264 g/mol. The third kappa shape index (κ3) is 4.47. The van der Waals surface area contributed by atoms with E-state index >= 15 is 0 Å². The first-order chi connectivity index (χ1) is 10.2. The number of hydrogen-bond donors (Lipinski definition) is 2. The van der Waals surface area contributed by atoms with Crippen molar-refractivity contribution >= 4 is 11.7 Å². The summed E-state index contributed by atoms with van der Waals surface area (Å²) in [4.78, 5) is 14.1. The van der Waals surface area contributed by atoms with Crippen molar-refractivity contribution in [3.63, 3.8) is 0 Å². The summed E-state index contributed by atoms with van der Waals surface area (Å²) in [6.45, 7) is 2.65. The van der Waals surface area contributed by atoms with Crippen LogP contribution in [0.2, 0.25) is 0 Å². The van der Waals surface area contributed by atoms with E-state index in [2.05, 4.69) is 16.7 Å². The van der Waals surface area contributed by atoms with E-state index in [1.165, 1.54) is 6.42 Å². The van der Waals surface area contributed by atoms with Crippen molar-refractivity contribution in [2.45, 2.75) is 19.3 Å². The minimum absolute atomic E-state index is 0.0721. The molecule has 1 aromatic carbocycles. The predicted molar refractivity (Wildman–Crippen MR) is 83.0 cm³/mol. The standard InChI is InChI=1S/C16H22N4O/c1-18-8-5-13-6-9-20(10-7-13)16(21)19-15-4-2-3-14(11-15)12-17/h2-4,11,13,18H,5-10H2,1H3,(H,19,21). The summed E-state index contributed by atoms with van der Waals surface area (Å²) in [6.07, 6.45) is 3.30. The van der Waals surface area contributed by atoms with Crippen LogP contribution in [-0.2, 0) is 0 Å². The van der Waals surface area contributed by atoms with Gasteiger partial charge in [-0.1, -0.05) is 6.07 Å². The number of nitriles is 1. The average molecular weight is 286 g/mol. The van der Waals surface area contributed by atoms with Crippen LogP contribution in [0.4, 0.5) is 10.5 Å². The maximum Gasteiger partial charge on any atom is 0.321 e. The monoisotopic (exact) mass is 286 g/mol. The van der Waals surface area contributed by atoms with Gasteiger partial charge in [-0.3, -0.25) is 0 Å². The predicted octanol–water partition coefficient (Wildman–Crippen LogP) is 2.41. The van der Waals surface area contributed by atoms with Gasteiger partial charge < -0.3 is 15.5 Å². The SMILES string of the molecule is CNCCC1CCN(C(=O)Nc2cccc(C#N)c2)CC1. The van der Waals surface area contributed by atoms with Crippen molar-refractivity contribution in [3.8, 4) is 6.07 Å². The van der Waals surface area contributed by atoms with Crippen molar-refractivity contribution < 1.29 is 4.79 Å². The molecule has 0 spiro atoms. The molecule has 1 aliphatic heterocycles. The number of carbonyl (C=O) groups excluding carboxylic acids is 1. The molecule has 2 rings (SSSR count). The van der Waals surface area contributed by atoms with E-state index in [9.17, 15) is 4.79 Å². The topological polar surface area (TPSA) is 68.2 Å². The molecule has 0 unspecified atom stereocenters. The van der Waals surface area contributed by atoms with Gasteiger partial charge in [-0.05, 0) is 57.0 Å². The summed E-state index contributed by atoms with van der Waals surface area (Å²) in [5.41, 5.74) is 1.23. The summed E-state index contributed by atoms with van der Waals surface area (Å²) >= 11 is 0. The molecule has 21 heavy (non-hydrogen) atoms. The lowest BCUT2D eigenvalue weighted by Gasteiger charge is -2.32. The maximum atomic E-state index is 12.2. The van der Waals surface area contributed by atoms with Crippen LogP contribution < -0.4 is 10.6 Å². The summed E-state index contributed by atoms with van der Waals surface area (Å²) in [7, 11) is 1.97. The fourth-order valence-electron chi connectivity index (χ4n) is 2.64. The fraction of sp³-hybridized carbons (Fsp3) is 0.500. The number of nitrogens with zero attached hydrogens (tertiary/aromatic N) is 2. The molecule has 5 nitrogen and oxygen atoms in total. The van der Waals surface area contributed by atoms with Crippen molar-refractivity contribution in [2.75, 3.05) is 32.0 Å². The quantitative estimate of drug-likeness (QED) is 0.893. The number of carbonyl (C=O) groups is 1. The van der Waals surface area contributed by atoms with Crippen molar-refractivity contribution in [3.05, 3.63) is 29.8 Å². The van der Waals surface area contributed by atoms with Crippen LogP contribution in [0, 0.1) is 17.2 Å². The number of nitrogens with one attached hydrogen (secondary N) is 2. The Labute approximate surface area is 125 Å². The van der Waals surface area contributed by atoms with Gasteiger partial charge in [0.2, 0.25) is 0 Å². The van der Waals surface area contributed by atoms with E-state index in [-0.39, 0.29) is 6.03 Å². The number of hydrogen-bond acceptors (Lipinski definition) is 3. The molecule has 0 saturated carbocycles. The Morgan fingerprint density at radius 2 is 2.19 bits per heavy atom. The second-order valence-electron chi connectivity index (χ2n) is 5.45. The molecule has 0 aromatic heterocycles. The Kier molecular flexibility index (Phi) is 5.59. The molecule has 1 heterocycles. The van der Waals surface area contributed by atoms with E-state index in [0.717, 1.165) is 32.5 Å². The molecule has 1 fully saturated rings. The average Bonchev–Trinajstić information content (AvgIpc) is 2.53. The van der Waals surface area contributed by atoms with Gasteiger partial charge in [0.1, 0.15) is 0 Å². The first-order valence-electron chi connectivity index (χ1n) is 7.43. The highest BCUT2D eigenvalue weighted by Gasteiger charge is 2.22. The van der Waals surface area contributed by atoms with Crippen LogP contribution in [0.25, 0.3) is 0 Å². The maximum absolute atomic E-state index is 12.2. The van der Waals surface area contributed by atoms with Crippen molar-refractivity contribution in [1.29, 1.82) is 5.26 Å². The van der Waals surface area contributed by atoms with Gasteiger partial charge in [-0.2, -0.15) is 5.26 Å². The molecular formula is C16H22N4O. The van der Waals surface area contributed by atoms with Gasteiger partial charge in [0.05, 0.1) is 11.6 Å². The van der Waals surface area contributed by atoms with Gasteiger partial charge in [0, 0.05) is 18.8 Å².